The summed E-state index contributed by atoms with van der Waals surface area (Å²) in [6, 6.07) is 12.9. The molecule has 0 aliphatic carbocycles. The summed E-state index contributed by atoms with van der Waals surface area (Å²) < 4.78 is 5.47. The van der Waals surface area contributed by atoms with E-state index in [0.29, 0.717) is 6.04 Å². The van der Waals surface area contributed by atoms with Crippen molar-refractivity contribution in [1.82, 2.24) is 10.3 Å². The molecule has 0 spiro atoms. The Balaban J connectivity index is 2.00. The van der Waals surface area contributed by atoms with E-state index >= 15 is 0 Å². The number of nitrogens with zero attached hydrogens (tertiary/aromatic N) is 1. The van der Waals surface area contributed by atoms with Crippen LogP contribution in [0.5, 0.6) is 5.75 Å². The van der Waals surface area contributed by atoms with Crippen LogP contribution in [0.4, 0.5) is 0 Å². The van der Waals surface area contributed by atoms with Crippen LogP contribution in [0.2, 0.25) is 0 Å². The Labute approximate surface area is 127 Å². The molecule has 1 aromatic heterocycles. The van der Waals surface area contributed by atoms with Crippen molar-refractivity contribution in [3.63, 3.8) is 0 Å². The van der Waals surface area contributed by atoms with Gasteiger partial charge in [-0.3, -0.25) is 4.98 Å². The zero-order valence-electron chi connectivity index (χ0n) is 13.1. The summed E-state index contributed by atoms with van der Waals surface area (Å²) in [4.78, 5) is 4.39. The molecule has 1 aromatic carbocycles. The fourth-order valence-corrected chi connectivity index (χ4v) is 2.55. The maximum Gasteiger partial charge on any atom is 0.122 e. The third-order valence-corrected chi connectivity index (χ3v) is 3.79. The maximum absolute atomic E-state index is 5.47. The number of aryl methyl sites for hydroxylation is 2. The van der Waals surface area contributed by atoms with Gasteiger partial charge in [-0.25, -0.2) is 0 Å². The van der Waals surface area contributed by atoms with Gasteiger partial charge in [0, 0.05) is 17.9 Å². The van der Waals surface area contributed by atoms with Gasteiger partial charge in [-0.15, -0.1) is 0 Å². The van der Waals surface area contributed by atoms with E-state index < -0.39 is 0 Å². The van der Waals surface area contributed by atoms with Crippen molar-refractivity contribution in [2.24, 2.45) is 0 Å². The second kappa shape index (κ2) is 7.79. The first-order valence-electron chi connectivity index (χ1n) is 7.43. The van der Waals surface area contributed by atoms with Crippen molar-refractivity contribution in [3.8, 4) is 5.75 Å². The lowest BCUT2D eigenvalue weighted by molar-refractivity contribution is 0.404. The van der Waals surface area contributed by atoms with E-state index in [1.54, 1.807) is 7.11 Å². The summed E-state index contributed by atoms with van der Waals surface area (Å²) in [5.41, 5.74) is 3.68. The van der Waals surface area contributed by atoms with Crippen LogP contribution in [-0.4, -0.2) is 25.2 Å². The minimum atomic E-state index is 0.419. The van der Waals surface area contributed by atoms with E-state index in [0.717, 1.165) is 30.7 Å². The lowest BCUT2D eigenvalue weighted by atomic mass is 9.99. The summed E-state index contributed by atoms with van der Waals surface area (Å²) in [5, 5.41) is 3.41. The summed E-state index contributed by atoms with van der Waals surface area (Å²) in [6.07, 6.45) is 4.87. The molecular formula is C18H24N2O. The summed E-state index contributed by atoms with van der Waals surface area (Å²) in [6.45, 7) is 2.12. The molecule has 3 nitrogen and oxygen atoms in total. The Hall–Kier alpha value is -1.87. The van der Waals surface area contributed by atoms with Crippen LogP contribution in [0.15, 0.2) is 42.6 Å². The first-order chi connectivity index (χ1) is 10.2. The SMILES string of the molecule is CNC(CCc1ccccn1)Cc1cc(C)ccc1OC. The van der Waals surface area contributed by atoms with Crippen LogP contribution in [0.25, 0.3) is 0 Å². The molecule has 21 heavy (non-hydrogen) atoms. The number of hydrogen-bond donors (Lipinski definition) is 1. The van der Waals surface area contributed by atoms with E-state index in [1.165, 1.54) is 11.1 Å². The predicted molar refractivity (Wildman–Crippen MR) is 86.8 cm³/mol. The number of rotatable bonds is 7. The molecule has 112 valence electrons. The highest BCUT2D eigenvalue weighted by molar-refractivity contribution is 5.37. The van der Waals surface area contributed by atoms with Crippen molar-refractivity contribution < 1.29 is 4.74 Å². The Bertz CT molecular complexity index is 554. The molecule has 1 heterocycles. The van der Waals surface area contributed by atoms with Gasteiger partial charge in [0.25, 0.3) is 0 Å². The second-order valence-electron chi connectivity index (χ2n) is 5.36. The molecule has 0 bridgehead atoms. The van der Waals surface area contributed by atoms with Gasteiger partial charge < -0.3 is 10.1 Å². The van der Waals surface area contributed by atoms with Gasteiger partial charge >= 0.3 is 0 Å². The zero-order valence-corrected chi connectivity index (χ0v) is 13.1. The van der Waals surface area contributed by atoms with Gasteiger partial charge in [0.2, 0.25) is 0 Å². The summed E-state index contributed by atoms with van der Waals surface area (Å²) in [5.74, 6) is 0.971. The number of benzene rings is 1. The largest absolute Gasteiger partial charge is 0.496 e. The van der Waals surface area contributed by atoms with E-state index in [-0.39, 0.29) is 0 Å². The van der Waals surface area contributed by atoms with Gasteiger partial charge in [-0.1, -0.05) is 23.8 Å². The third kappa shape index (κ3) is 4.57. The fourth-order valence-electron chi connectivity index (χ4n) is 2.55. The molecule has 0 saturated carbocycles. The van der Waals surface area contributed by atoms with Crippen molar-refractivity contribution in [1.29, 1.82) is 0 Å². The number of nitrogens with one attached hydrogen (secondary N) is 1. The normalized spacial score (nSPS) is 12.1. The molecule has 0 radical (unpaired) electrons. The van der Waals surface area contributed by atoms with Crippen molar-refractivity contribution in [2.45, 2.75) is 32.2 Å². The Morgan fingerprint density at radius 1 is 1.24 bits per heavy atom. The molecule has 3 heteroatoms. The zero-order chi connectivity index (χ0) is 15.1. The molecule has 0 saturated heterocycles. The molecule has 0 amide bonds. The van der Waals surface area contributed by atoms with Crippen molar-refractivity contribution >= 4 is 0 Å². The minimum absolute atomic E-state index is 0.419. The van der Waals surface area contributed by atoms with Crippen LogP contribution < -0.4 is 10.1 Å². The first-order valence-corrected chi connectivity index (χ1v) is 7.43. The van der Waals surface area contributed by atoms with Crippen LogP contribution in [0.3, 0.4) is 0 Å². The number of methoxy groups -OCH3 is 1. The monoisotopic (exact) mass is 284 g/mol. The molecule has 2 aromatic rings. The smallest absolute Gasteiger partial charge is 0.122 e. The van der Waals surface area contributed by atoms with E-state index in [9.17, 15) is 0 Å². The highest BCUT2D eigenvalue weighted by atomic mass is 16.5. The van der Waals surface area contributed by atoms with Crippen molar-refractivity contribution in [3.05, 3.63) is 59.4 Å². The quantitative estimate of drug-likeness (QED) is 0.848. The predicted octanol–water partition coefficient (Wildman–Crippen LogP) is 3.16. The van der Waals surface area contributed by atoms with Gasteiger partial charge in [0.15, 0.2) is 0 Å². The molecule has 0 aliphatic rings. The number of hydrogen-bond acceptors (Lipinski definition) is 3. The fraction of sp³-hybridized carbons (Fsp3) is 0.389. The summed E-state index contributed by atoms with van der Waals surface area (Å²) in [7, 11) is 3.75. The highest BCUT2D eigenvalue weighted by Crippen LogP contribution is 2.22. The van der Waals surface area contributed by atoms with E-state index in [4.69, 9.17) is 4.74 Å². The topological polar surface area (TPSA) is 34.2 Å². The Morgan fingerprint density at radius 2 is 2.10 bits per heavy atom. The van der Waals surface area contributed by atoms with Crippen LogP contribution in [0, 0.1) is 6.92 Å². The molecule has 1 atom stereocenters. The second-order valence-corrected chi connectivity index (χ2v) is 5.36. The van der Waals surface area contributed by atoms with Gasteiger partial charge in [0.05, 0.1) is 7.11 Å². The molecular weight excluding hydrogens is 260 g/mol. The molecule has 0 fully saturated rings. The van der Waals surface area contributed by atoms with Gasteiger partial charge in [-0.2, -0.15) is 0 Å². The Kier molecular flexibility index (Phi) is 5.76. The molecule has 1 N–H and O–H groups in total. The third-order valence-electron chi connectivity index (χ3n) is 3.79. The molecule has 0 aliphatic heterocycles. The van der Waals surface area contributed by atoms with E-state index in [1.807, 2.05) is 25.4 Å². The molecule has 2 rings (SSSR count). The maximum atomic E-state index is 5.47. The lowest BCUT2D eigenvalue weighted by Gasteiger charge is -2.18. The first kappa shape index (κ1) is 15.5. The van der Waals surface area contributed by atoms with Gasteiger partial charge in [-0.05, 0) is 57.0 Å². The number of likely N-dealkylation sites (N-methyl/N-ethyl adjacent to an activating group) is 1. The van der Waals surface area contributed by atoms with Crippen molar-refractivity contribution in [2.75, 3.05) is 14.2 Å². The van der Waals surface area contributed by atoms with Crippen LogP contribution >= 0.6 is 0 Å². The summed E-state index contributed by atoms with van der Waals surface area (Å²) >= 11 is 0. The minimum Gasteiger partial charge on any atom is -0.496 e. The van der Waals surface area contributed by atoms with E-state index in [2.05, 4.69) is 41.5 Å². The highest BCUT2D eigenvalue weighted by Gasteiger charge is 2.11. The van der Waals surface area contributed by atoms with Gasteiger partial charge in [0.1, 0.15) is 5.75 Å². The number of aromatic nitrogens is 1. The van der Waals surface area contributed by atoms with Crippen LogP contribution in [0.1, 0.15) is 23.2 Å². The average molecular weight is 284 g/mol. The number of ether oxygens (including phenoxy) is 1. The van der Waals surface area contributed by atoms with Crippen LogP contribution in [-0.2, 0) is 12.8 Å². The standard InChI is InChI=1S/C18H24N2O/c1-14-7-10-18(21-3)15(12-14)13-17(19-2)9-8-16-6-4-5-11-20-16/h4-7,10-12,17,19H,8-9,13H2,1-3H3. The number of pyridine rings is 1. The average Bonchev–Trinajstić information content (AvgIpc) is 2.52. The molecule has 1 unspecified atom stereocenters. The Morgan fingerprint density at radius 3 is 2.76 bits per heavy atom. The lowest BCUT2D eigenvalue weighted by Crippen LogP contribution is -2.28.